The number of β-amino-alcohol motifs (C(OH)–C–C–N with tert-alkyl or cyclic N) is 1. The van der Waals surface area contributed by atoms with Crippen molar-refractivity contribution in [3.8, 4) is 0 Å². The Kier molecular flexibility index (Phi) is 5.38. The number of aliphatic hydroxyl groups is 1. The molecule has 8 heteroatoms. The Labute approximate surface area is 130 Å². The highest BCUT2D eigenvalue weighted by molar-refractivity contribution is 7.89. The standard InChI is InChI=1S/C14H22FN3O3S/c1-11(19)10-17-5-7-18(8-6-17)14-4-3-12(9-13(14)15)22(20,21)16-2/h3-4,9,11,16,19H,5-8,10H2,1-2H3/t11-/m1/s1. The van der Waals surface area contributed by atoms with Crippen molar-refractivity contribution >= 4 is 15.7 Å². The molecule has 0 saturated carbocycles. The second-order valence-electron chi connectivity index (χ2n) is 5.46. The summed E-state index contributed by atoms with van der Waals surface area (Å²) in [6.45, 7) is 5.11. The number of anilines is 1. The van der Waals surface area contributed by atoms with Crippen LogP contribution in [0.5, 0.6) is 0 Å². The number of nitrogens with zero attached hydrogens (tertiary/aromatic N) is 2. The van der Waals surface area contributed by atoms with Crippen LogP contribution in [0, 0.1) is 5.82 Å². The van der Waals surface area contributed by atoms with Crippen LogP contribution in [0.3, 0.4) is 0 Å². The van der Waals surface area contributed by atoms with Crippen molar-refractivity contribution in [2.45, 2.75) is 17.9 Å². The van der Waals surface area contributed by atoms with Crippen LogP contribution in [-0.4, -0.2) is 64.3 Å². The molecular formula is C14H22FN3O3S. The zero-order valence-corrected chi connectivity index (χ0v) is 13.6. The quantitative estimate of drug-likeness (QED) is 0.808. The second kappa shape index (κ2) is 6.91. The number of sulfonamides is 1. The van der Waals surface area contributed by atoms with E-state index in [-0.39, 0.29) is 11.0 Å². The minimum absolute atomic E-state index is 0.0796. The number of hydrogen-bond donors (Lipinski definition) is 2. The lowest BCUT2D eigenvalue weighted by Gasteiger charge is -2.36. The highest BCUT2D eigenvalue weighted by Gasteiger charge is 2.21. The molecule has 0 spiro atoms. The molecule has 1 aromatic rings. The average molecular weight is 331 g/mol. The molecule has 1 fully saturated rings. The van der Waals surface area contributed by atoms with Crippen molar-refractivity contribution in [2.24, 2.45) is 0 Å². The number of piperazine rings is 1. The van der Waals surface area contributed by atoms with Crippen LogP contribution < -0.4 is 9.62 Å². The largest absolute Gasteiger partial charge is 0.392 e. The molecule has 2 N–H and O–H groups in total. The molecular weight excluding hydrogens is 309 g/mol. The van der Waals surface area contributed by atoms with Gasteiger partial charge in [-0.3, -0.25) is 4.90 Å². The summed E-state index contributed by atoms with van der Waals surface area (Å²) in [7, 11) is -2.34. The third kappa shape index (κ3) is 3.95. The van der Waals surface area contributed by atoms with Gasteiger partial charge in [0.2, 0.25) is 10.0 Å². The highest BCUT2D eigenvalue weighted by Crippen LogP contribution is 2.23. The van der Waals surface area contributed by atoms with Gasteiger partial charge in [-0.1, -0.05) is 0 Å². The molecule has 1 heterocycles. The van der Waals surface area contributed by atoms with Gasteiger partial charge < -0.3 is 10.0 Å². The van der Waals surface area contributed by atoms with Gasteiger partial charge in [0.25, 0.3) is 0 Å². The molecule has 6 nitrogen and oxygen atoms in total. The molecule has 124 valence electrons. The fourth-order valence-electron chi connectivity index (χ4n) is 2.57. The lowest BCUT2D eigenvalue weighted by Crippen LogP contribution is -2.48. The third-order valence-corrected chi connectivity index (χ3v) is 5.15. The minimum Gasteiger partial charge on any atom is -0.392 e. The first-order valence-corrected chi connectivity index (χ1v) is 8.70. The van der Waals surface area contributed by atoms with Gasteiger partial charge in [0, 0.05) is 32.7 Å². The lowest BCUT2D eigenvalue weighted by molar-refractivity contribution is 0.122. The fourth-order valence-corrected chi connectivity index (χ4v) is 3.32. The Bertz CT molecular complexity index is 614. The molecule has 1 aliphatic heterocycles. The molecule has 0 radical (unpaired) electrons. The maximum absolute atomic E-state index is 14.2. The molecule has 22 heavy (non-hydrogen) atoms. The summed E-state index contributed by atoms with van der Waals surface area (Å²) in [4.78, 5) is 3.94. The minimum atomic E-state index is -3.63. The van der Waals surface area contributed by atoms with E-state index in [1.54, 1.807) is 6.92 Å². The number of nitrogens with one attached hydrogen (secondary N) is 1. The highest BCUT2D eigenvalue weighted by atomic mass is 32.2. The molecule has 0 unspecified atom stereocenters. The predicted molar refractivity (Wildman–Crippen MR) is 83.0 cm³/mol. The van der Waals surface area contributed by atoms with Crippen LogP contribution in [0.2, 0.25) is 0 Å². The summed E-state index contributed by atoms with van der Waals surface area (Å²) in [5, 5.41) is 9.38. The maximum atomic E-state index is 14.2. The van der Waals surface area contributed by atoms with Crippen LogP contribution in [0.4, 0.5) is 10.1 Å². The van der Waals surface area contributed by atoms with E-state index < -0.39 is 15.8 Å². The van der Waals surface area contributed by atoms with Gasteiger partial charge in [-0.2, -0.15) is 0 Å². The van der Waals surface area contributed by atoms with E-state index in [1.807, 2.05) is 4.90 Å². The molecule has 2 rings (SSSR count). The predicted octanol–water partition coefficient (Wildman–Crippen LogP) is 0.237. The zero-order chi connectivity index (χ0) is 16.3. The number of aliphatic hydroxyl groups excluding tert-OH is 1. The van der Waals surface area contributed by atoms with E-state index in [4.69, 9.17) is 0 Å². The van der Waals surface area contributed by atoms with Crippen molar-refractivity contribution in [3.63, 3.8) is 0 Å². The van der Waals surface area contributed by atoms with Gasteiger partial charge in [0.15, 0.2) is 0 Å². The van der Waals surface area contributed by atoms with E-state index in [0.29, 0.717) is 25.3 Å². The zero-order valence-electron chi connectivity index (χ0n) is 12.8. The molecule has 0 amide bonds. The second-order valence-corrected chi connectivity index (χ2v) is 7.34. The molecule has 1 aromatic carbocycles. The normalized spacial score (nSPS) is 18.5. The smallest absolute Gasteiger partial charge is 0.240 e. The molecule has 0 aliphatic carbocycles. The van der Waals surface area contributed by atoms with E-state index in [9.17, 15) is 17.9 Å². The topological polar surface area (TPSA) is 72.9 Å². The summed E-state index contributed by atoms with van der Waals surface area (Å²) < 4.78 is 39.7. The van der Waals surface area contributed by atoms with Crippen LogP contribution >= 0.6 is 0 Å². The van der Waals surface area contributed by atoms with Gasteiger partial charge in [-0.25, -0.2) is 17.5 Å². The molecule has 1 aliphatic rings. The van der Waals surface area contributed by atoms with Crippen molar-refractivity contribution in [3.05, 3.63) is 24.0 Å². The van der Waals surface area contributed by atoms with Gasteiger partial charge in [0.1, 0.15) is 5.82 Å². The number of rotatable bonds is 5. The summed E-state index contributed by atoms with van der Waals surface area (Å²) in [6.07, 6.45) is -0.380. The lowest BCUT2D eigenvalue weighted by atomic mass is 10.2. The average Bonchev–Trinajstić information content (AvgIpc) is 2.47. The SMILES string of the molecule is CNS(=O)(=O)c1ccc(N2CCN(C[C@@H](C)O)CC2)c(F)c1. The van der Waals surface area contributed by atoms with Crippen LogP contribution in [0.1, 0.15) is 6.92 Å². The molecule has 0 bridgehead atoms. The Morgan fingerprint density at radius 1 is 1.32 bits per heavy atom. The summed E-state index contributed by atoms with van der Waals surface area (Å²) >= 11 is 0. The van der Waals surface area contributed by atoms with Gasteiger partial charge >= 0.3 is 0 Å². The van der Waals surface area contributed by atoms with Gasteiger partial charge in [-0.05, 0) is 32.2 Å². The molecule has 0 aromatic heterocycles. The first-order chi connectivity index (χ1) is 10.3. The summed E-state index contributed by atoms with van der Waals surface area (Å²) in [5.41, 5.74) is 0.409. The first kappa shape index (κ1) is 17.1. The number of halogens is 1. The van der Waals surface area contributed by atoms with Crippen LogP contribution in [-0.2, 0) is 10.0 Å². The number of hydrogen-bond acceptors (Lipinski definition) is 5. The van der Waals surface area contributed by atoms with Crippen molar-refractivity contribution in [1.82, 2.24) is 9.62 Å². The van der Waals surface area contributed by atoms with E-state index in [0.717, 1.165) is 19.2 Å². The third-order valence-electron chi connectivity index (χ3n) is 3.73. The van der Waals surface area contributed by atoms with Gasteiger partial charge in [-0.15, -0.1) is 0 Å². The Morgan fingerprint density at radius 2 is 1.95 bits per heavy atom. The van der Waals surface area contributed by atoms with Crippen LogP contribution in [0.15, 0.2) is 23.1 Å². The maximum Gasteiger partial charge on any atom is 0.240 e. The van der Waals surface area contributed by atoms with E-state index in [2.05, 4.69) is 9.62 Å². The fraction of sp³-hybridized carbons (Fsp3) is 0.571. The summed E-state index contributed by atoms with van der Waals surface area (Å²) in [6, 6.07) is 3.96. The Morgan fingerprint density at radius 3 is 2.45 bits per heavy atom. The monoisotopic (exact) mass is 331 g/mol. The van der Waals surface area contributed by atoms with E-state index >= 15 is 0 Å². The van der Waals surface area contributed by atoms with Gasteiger partial charge in [0.05, 0.1) is 16.7 Å². The van der Waals surface area contributed by atoms with Crippen LogP contribution in [0.25, 0.3) is 0 Å². The molecule has 1 saturated heterocycles. The van der Waals surface area contributed by atoms with E-state index in [1.165, 1.54) is 19.2 Å². The Hall–Kier alpha value is -1.22. The summed E-state index contributed by atoms with van der Waals surface area (Å²) in [5.74, 6) is -0.541. The Balaban J connectivity index is 2.08. The molecule has 1 atom stereocenters. The van der Waals surface area contributed by atoms with Crippen molar-refractivity contribution in [2.75, 3.05) is 44.7 Å². The first-order valence-electron chi connectivity index (χ1n) is 7.22. The van der Waals surface area contributed by atoms with Crippen molar-refractivity contribution < 1.29 is 17.9 Å². The number of benzene rings is 1. The van der Waals surface area contributed by atoms with Crippen molar-refractivity contribution in [1.29, 1.82) is 0 Å².